The maximum Gasteiger partial charge on any atom is 0.0975 e. The largest absolute Gasteiger partial charge is 0.309 e. The molecular formula is C16H18Cl2N2S. The van der Waals surface area contributed by atoms with Gasteiger partial charge in [0.25, 0.3) is 0 Å². The number of hydrogen-bond acceptors (Lipinski definition) is 3. The van der Waals surface area contributed by atoms with E-state index in [9.17, 15) is 0 Å². The Hall–Kier alpha value is -0.610. The molecule has 0 aliphatic heterocycles. The van der Waals surface area contributed by atoms with E-state index in [-0.39, 0.29) is 0 Å². The van der Waals surface area contributed by atoms with E-state index in [1.807, 2.05) is 29.5 Å². The van der Waals surface area contributed by atoms with E-state index >= 15 is 0 Å². The van der Waals surface area contributed by atoms with Crippen LogP contribution in [0.2, 0.25) is 10.0 Å². The maximum absolute atomic E-state index is 6.09. The van der Waals surface area contributed by atoms with Gasteiger partial charge in [-0.25, -0.2) is 4.98 Å². The molecule has 0 bridgehead atoms. The molecule has 2 aromatic rings. The van der Waals surface area contributed by atoms with E-state index in [1.54, 1.807) is 0 Å². The van der Waals surface area contributed by atoms with Crippen molar-refractivity contribution in [3.63, 3.8) is 0 Å². The number of fused-ring (bicyclic) bond motifs is 1. The van der Waals surface area contributed by atoms with Crippen LogP contribution in [0.15, 0.2) is 18.2 Å². The van der Waals surface area contributed by atoms with E-state index < -0.39 is 0 Å². The molecule has 1 atom stereocenters. The number of halogens is 2. The fraction of sp³-hybridized carbons (Fsp3) is 0.438. The van der Waals surface area contributed by atoms with Gasteiger partial charge in [-0.3, -0.25) is 0 Å². The lowest BCUT2D eigenvalue weighted by molar-refractivity contribution is 0.476. The zero-order valence-electron chi connectivity index (χ0n) is 12.0. The van der Waals surface area contributed by atoms with Gasteiger partial charge in [-0.15, -0.1) is 11.3 Å². The number of aryl methyl sites for hydroxylation is 1. The van der Waals surface area contributed by atoms with E-state index in [4.69, 9.17) is 28.2 Å². The van der Waals surface area contributed by atoms with Crippen molar-refractivity contribution in [2.75, 3.05) is 6.54 Å². The summed E-state index contributed by atoms with van der Waals surface area (Å²) in [4.78, 5) is 6.26. The van der Waals surface area contributed by atoms with Gasteiger partial charge < -0.3 is 5.32 Å². The lowest BCUT2D eigenvalue weighted by Gasteiger charge is -2.21. The van der Waals surface area contributed by atoms with Gasteiger partial charge in [-0.2, -0.15) is 0 Å². The lowest BCUT2D eigenvalue weighted by Crippen LogP contribution is -2.23. The Morgan fingerprint density at radius 3 is 2.95 bits per heavy atom. The highest BCUT2D eigenvalue weighted by Crippen LogP contribution is 2.35. The first kappa shape index (κ1) is 15.3. The van der Waals surface area contributed by atoms with Crippen LogP contribution < -0.4 is 5.32 Å². The van der Waals surface area contributed by atoms with Crippen molar-refractivity contribution >= 4 is 34.5 Å². The monoisotopic (exact) mass is 340 g/mol. The number of benzene rings is 1. The van der Waals surface area contributed by atoms with Crippen LogP contribution in [0.5, 0.6) is 0 Å². The molecule has 0 saturated heterocycles. The standard InChI is InChI=1S/C16H18Cl2N2S/c1-2-19-13-4-3-5-14-16(13)21-15(20-14)9-10-6-7-11(17)12(18)8-10/h6-8,13,19H,2-5,9H2,1H3. The first-order chi connectivity index (χ1) is 10.2. The minimum Gasteiger partial charge on any atom is -0.309 e. The Morgan fingerprint density at radius 2 is 2.19 bits per heavy atom. The SMILES string of the molecule is CCNC1CCCc2nc(Cc3ccc(Cl)c(Cl)c3)sc21. The van der Waals surface area contributed by atoms with Crippen molar-refractivity contribution in [2.24, 2.45) is 0 Å². The molecule has 0 radical (unpaired) electrons. The minimum atomic E-state index is 0.485. The highest BCUT2D eigenvalue weighted by atomic mass is 35.5. The molecule has 0 fully saturated rings. The summed E-state index contributed by atoms with van der Waals surface area (Å²) in [6, 6.07) is 6.30. The summed E-state index contributed by atoms with van der Waals surface area (Å²) in [6.45, 7) is 3.16. The molecule has 0 amide bonds. The molecule has 1 aliphatic carbocycles. The lowest BCUT2D eigenvalue weighted by atomic mass is 9.98. The number of aromatic nitrogens is 1. The van der Waals surface area contributed by atoms with Crippen LogP contribution in [-0.4, -0.2) is 11.5 Å². The zero-order valence-corrected chi connectivity index (χ0v) is 14.3. The number of thiazole rings is 1. The molecule has 3 rings (SSSR count). The van der Waals surface area contributed by atoms with Crippen LogP contribution in [0.3, 0.4) is 0 Å². The molecule has 112 valence electrons. The summed E-state index contributed by atoms with van der Waals surface area (Å²) in [6.07, 6.45) is 4.37. The zero-order chi connectivity index (χ0) is 14.8. The van der Waals surface area contributed by atoms with Crippen LogP contribution in [0.25, 0.3) is 0 Å². The predicted molar refractivity (Wildman–Crippen MR) is 90.7 cm³/mol. The van der Waals surface area contributed by atoms with Crippen molar-refractivity contribution in [1.29, 1.82) is 0 Å². The van der Waals surface area contributed by atoms with Crippen LogP contribution in [-0.2, 0) is 12.8 Å². The fourth-order valence-corrected chi connectivity index (χ4v) is 4.39. The maximum atomic E-state index is 6.09. The summed E-state index contributed by atoms with van der Waals surface area (Å²) in [7, 11) is 0. The van der Waals surface area contributed by atoms with E-state index in [2.05, 4.69) is 12.2 Å². The Kier molecular flexibility index (Phi) is 4.85. The normalized spacial score (nSPS) is 17.8. The Bertz CT molecular complexity index is 639. The van der Waals surface area contributed by atoms with Gasteiger partial charge in [0.05, 0.1) is 20.7 Å². The van der Waals surface area contributed by atoms with Crippen molar-refractivity contribution in [3.8, 4) is 0 Å². The molecule has 1 N–H and O–H groups in total. The van der Waals surface area contributed by atoms with Crippen LogP contribution in [0.4, 0.5) is 0 Å². The topological polar surface area (TPSA) is 24.9 Å². The highest BCUT2D eigenvalue weighted by Gasteiger charge is 2.23. The average molecular weight is 341 g/mol. The first-order valence-electron chi connectivity index (χ1n) is 7.33. The molecule has 21 heavy (non-hydrogen) atoms. The Balaban J connectivity index is 1.82. The van der Waals surface area contributed by atoms with Gasteiger partial charge in [0.1, 0.15) is 0 Å². The molecule has 1 heterocycles. The van der Waals surface area contributed by atoms with Crippen molar-refractivity contribution in [3.05, 3.63) is 49.4 Å². The second-order valence-electron chi connectivity index (χ2n) is 5.35. The van der Waals surface area contributed by atoms with Gasteiger partial charge in [0.2, 0.25) is 0 Å². The Morgan fingerprint density at radius 1 is 1.33 bits per heavy atom. The van der Waals surface area contributed by atoms with E-state index in [0.717, 1.165) is 24.9 Å². The quantitative estimate of drug-likeness (QED) is 0.844. The molecule has 0 spiro atoms. The first-order valence-corrected chi connectivity index (χ1v) is 8.90. The molecular weight excluding hydrogens is 323 g/mol. The molecule has 1 aromatic carbocycles. The number of nitrogens with zero attached hydrogens (tertiary/aromatic N) is 1. The van der Waals surface area contributed by atoms with E-state index in [1.165, 1.54) is 28.4 Å². The molecule has 5 heteroatoms. The van der Waals surface area contributed by atoms with Crippen molar-refractivity contribution in [1.82, 2.24) is 10.3 Å². The third kappa shape index (κ3) is 3.42. The van der Waals surface area contributed by atoms with Crippen molar-refractivity contribution < 1.29 is 0 Å². The van der Waals surface area contributed by atoms with Gasteiger partial charge in [0.15, 0.2) is 0 Å². The predicted octanol–water partition coefficient (Wildman–Crippen LogP) is 5.03. The third-order valence-electron chi connectivity index (χ3n) is 3.78. The van der Waals surface area contributed by atoms with Crippen LogP contribution in [0, 0.1) is 0 Å². The minimum absolute atomic E-state index is 0.485. The Labute approximate surface area is 139 Å². The van der Waals surface area contributed by atoms with Crippen molar-refractivity contribution in [2.45, 2.75) is 38.6 Å². The van der Waals surface area contributed by atoms with Gasteiger partial charge in [0, 0.05) is 17.3 Å². The van der Waals surface area contributed by atoms with Crippen LogP contribution >= 0.6 is 34.5 Å². The van der Waals surface area contributed by atoms with Gasteiger partial charge in [-0.05, 0) is 43.5 Å². The summed E-state index contributed by atoms with van der Waals surface area (Å²) in [5.41, 5.74) is 2.45. The number of rotatable bonds is 4. The third-order valence-corrected chi connectivity index (χ3v) is 5.73. The van der Waals surface area contributed by atoms with Crippen LogP contribution in [0.1, 0.15) is 46.9 Å². The van der Waals surface area contributed by atoms with E-state index in [0.29, 0.717) is 16.1 Å². The molecule has 2 nitrogen and oxygen atoms in total. The van der Waals surface area contributed by atoms with Gasteiger partial charge >= 0.3 is 0 Å². The summed E-state index contributed by atoms with van der Waals surface area (Å²) in [5, 5.41) is 5.95. The summed E-state index contributed by atoms with van der Waals surface area (Å²) in [5.74, 6) is 0. The summed E-state index contributed by atoms with van der Waals surface area (Å²) >= 11 is 13.9. The number of hydrogen-bond donors (Lipinski definition) is 1. The molecule has 1 aliphatic rings. The smallest absolute Gasteiger partial charge is 0.0975 e. The highest BCUT2D eigenvalue weighted by molar-refractivity contribution is 7.11. The molecule has 1 aromatic heterocycles. The van der Waals surface area contributed by atoms with Gasteiger partial charge in [-0.1, -0.05) is 36.2 Å². The summed E-state index contributed by atoms with van der Waals surface area (Å²) < 4.78 is 0. The second-order valence-corrected chi connectivity index (χ2v) is 7.28. The molecule has 0 saturated carbocycles. The second kappa shape index (κ2) is 6.66. The fourth-order valence-electron chi connectivity index (χ4n) is 2.81. The average Bonchev–Trinajstić information content (AvgIpc) is 2.87. The molecule has 1 unspecified atom stereocenters. The number of nitrogens with one attached hydrogen (secondary N) is 1.